The molecule has 0 spiro atoms. The Morgan fingerprint density at radius 1 is 1.11 bits per heavy atom. The van der Waals surface area contributed by atoms with Gasteiger partial charge in [-0.1, -0.05) is 25.7 Å². The van der Waals surface area contributed by atoms with Crippen molar-refractivity contribution in [2.45, 2.75) is 51.5 Å². The van der Waals surface area contributed by atoms with Crippen molar-refractivity contribution in [3.05, 3.63) is 18.7 Å². The molecule has 0 bridgehead atoms. The molecule has 0 unspecified atom stereocenters. The van der Waals surface area contributed by atoms with E-state index >= 15 is 0 Å². The van der Waals surface area contributed by atoms with Crippen LogP contribution >= 0.6 is 0 Å². The molecule has 4 heteroatoms. The minimum Gasteiger partial charge on any atom is -0.468 e. The second kappa shape index (κ2) is 9.68. The number of carbonyl (C=O) groups is 1. The van der Waals surface area contributed by atoms with Crippen LogP contribution in [0.2, 0.25) is 0 Å². The van der Waals surface area contributed by atoms with Gasteiger partial charge in [0.25, 0.3) is 6.47 Å². The average molecular weight is 253 g/mol. The third kappa shape index (κ3) is 7.09. The fourth-order valence-electron chi connectivity index (χ4n) is 2.05. The Morgan fingerprint density at radius 2 is 1.78 bits per heavy atom. The Kier molecular flexibility index (Phi) is 7.93. The Balaban J connectivity index is 1.83. The monoisotopic (exact) mass is 253 g/mol. The predicted octanol–water partition coefficient (Wildman–Crippen LogP) is 2.22. The van der Waals surface area contributed by atoms with Gasteiger partial charge in [-0.15, -0.1) is 0 Å². The molecule has 0 fully saturated rings. The molecule has 1 rings (SSSR count). The Hall–Kier alpha value is -1.32. The maximum atomic E-state index is 9.90. The summed E-state index contributed by atoms with van der Waals surface area (Å²) in [6.45, 7) is 2.23. The van der Waals surface area contributed by atoms with E-state index in [2.05, 4.69) is 32.6 Å². The molecule has 1 aromatic heterocycles. The zero-order valence-electron chi connectivity index (χ0n) is 11.4. The number of aryl methyl sites for hydroxylation is 2. The van der Waals surface area contributed by atoms with E-state index in [1.165, 1.54) is 38.5 Å². The molecule has 0 atom stereocenters. The molecule has 1 aromatic rings. The summed E-state index contributed by atoms with van der Waals surface area (Å²) in [6.07, 6.45) is 14.9. The van der Waals surface area contributed by atoms with Crippen LogP contribution in [0.5, 0.6) is 0 Å². The second-order valence-corrected chi connectivity index (χ2v) is 4.76. The summed E-state index contributed by atoms with van der Waals surface area (Å²) in [7, 11) is 2.05. The maximum absolute atomic E-state index is 9.90. The molecule has 0 aliphatic rings. The lowest BCUT2D eigenvalue weighted by Crippen LogP contribution is -2.30. The highest BCUT2D eigenvalue weighted by molar-refractivity contribution is 5.36. The first-order valence-corrected chi connectivity index (χ1v) is 6.89. The van der Waals surface area contributed by atoms with Crippen molar-refractivity contribution in [3.63, 3.8) is 0 Å². The van der Waals surface area contributed by atoms with Crippen molar-refractivity contribution in [1.82, 2.24) is 4.57 Å². The van der Waals surface area contributed by atoms with E-state index in [4.69, 9.17) is 0 Å². The van der Waals surface area contributed by atoms with Crippen LogP contribution in [0.1, 0.15) is 44.9 Å². The summed E-state index contributed by atoms with van der Waals surface area (Å²) < 4.78 is 8.95. The molecular formula is C14H25N2O2+. The van der Waals surface area contributed by atoms with Crippen molar-refractivity contribution in [1.29, 1.82) is 0 Å². The summed E-state index contributed by atoms with van der Waals surface area (Å²) in [5.41, 5.74) is 0. The topological polar surface area (TPSA) is 35.1 Å². The molecule has 0 N–H and O–H groups in total. The van der Waals surface area contributed by atoms with Gasteiger partial charge in [-0.25, -0.2) is 9.13 Å². The standard InChI is InChI=1S/C14H25N2O2/c1-15-10-11-16(13-15)9-7-5-3-2-4-6-8-12-18-14-17/h10-11,13-14H,2-9,12H2,1H3/q+1. The molecule has 0 radical (unpaired) electrons. The van der Waals surface area contributed by atoms with Gasteiger partial charge in [0.1, 0.15) is 12.4 Å². The van der Waals surface area contributed by atoms with Crippen molar-refractivity contribution in [2.24, 2.45) is 7.05 Å². The van der Waals surface area contributed by atoms with Crippen LogP contribution in [-0.2, 0) is 23.1 Å². The first-order chi connectivity index (χ1) is 8.83. The summed E-state index contributed by atoms with van der Waals surface area (Å²) in [6, 6.07) is 0. The second-order valence-electron chi connectivity index (χ2n) is 4.76. The van der Waals surface area contributed by atoms with E-state index in [0.717, 1.165) is 13.0 Å². The predicted molar refractivity (Wildman–Crippen MR) is 69.9 cm³/mol. The van der Waals surface area contributed by atoms with Crippen LogP contribution in [0.15, 0.2) is 18.7 Å². The van der Waals surface area contributed by atoms with E-state index in [-0.39, 0.29) is 0 Å². The van der Waals surface area contributed by atoms with Crippen LogP contribution in [-0.4, -0.2) is 17.6 Å². The average Bonchev–Trinajstić information content (AvgIpc) is 2.77. The number of nitrogens with zero attached hydrogens (tertiary/aromatic N) is 2. The van der Waals surface area contributed by atoms with Gasteiger partial charge in [0.05, 0.1) is 20.2 Å². The molecule has 4 nitrogen and oxygen atoms in total. The molecule has 102 valence electrons. The summed E-state index contributed by atoms with van der Waals surface area (Å²) in [5, 5.41) is 0. The smallest absolute Gasteiger partial charge is 0.293 e. The normalized spacial score (nSPS) is 10.5. The van der Waals surface area contributed by atoms with Gasteiger partial charge < -0.3 is 4.74 Å². The van der Waals surface area contributed by atoms with E-state index < -0.39 is 0 Å². The number of imidazole rings is 1. The van der Waals surface area contributed by atoms with E-state index in [1.807, 2.05) is 7.05 Å². The number of hydrogen-bond acceptors (Lipinski definition) is 2. The van der Waals surface area contributed by atoms with Crippen molar-refractivity contribution >= 4 is 6.47 Å². The fourth-order valence-corrected chi connectivity index (χ4v) is 2.05. The Labute approximate surface area is 110 Å². The lowest BCUT2D eigenvalue weighted by Gasteiger charge is -2.01. The zero-order valence-corrected chi connectivity index (χ0v) is 11.4. The van der Waals surface area contributed by atoms with Gasteiger partial charge in [-0.2, -0.15) is 0 Å². The van der Waals surface area contributed by atoms with E-state index in [0.29, 0.717) is 13.1 Å². The lowest BCUT2D eigenvalue weighted by molar-refractivity contribution is -0.696. The number of aromatic nitrogens is 2. The van der Waals surface area contributed by atoms with Crippen molar-refractivity contribution < 1.29 is 14.1 Å². The van der Waals surface area contributed by atoms with Gasteiger partial charge in [0, 0.05) is 0 Å². The van der Waals surface area contributed by atoms with Gasteiger partial charge in [-0.3, -0.25) is 4.79 Å². The highest BCUT2D eigenvalue weighted by atomic mass is 16.5. The first kappa shape index (κ1) is 14.7. The van der Waals surface area contributed by atoms with Crippen LogP contribution in [0, 0.1) is 0 Å². The highest BCUT2D eigenvalue weighted by Gasteiger charge is 1.99. The van der Waals surface area contributed by atoms with E-state index in [1.54, 1.807) is 0 Å². The Bertz CT molecular complexity index is 323. The largest absolute Gasteiger partial charge is 0.468 e. The molecule has 18 heavy (non-hydrogen) atoms. The molecule has 0 aromatic carbocycles. The maximum Gasteiger partial charge on any atom is 0.293 e. The van der Waals surface area contributed by atoms with Crippen molar-refractivity contribution in [3.8, 4) is 0 Å². The van der Waals surface area contributed by atoms with Crippen LogP contribution in [0.25, 0.3) is 0 Å². The van der Waals surface area contributed by atoms with Gasteiger partial charge in [-0.05, 0) is 19.3 Å². The van der Waals surface area contributed by atoms with Gasteiger partial charge >= 0.3 is 0 Å². The molecule has 0 aliphatic carbocycles. The molecule has 0 saturated heterocycles. The minimum absolute atomic E-state index is 0.529. The number of hydrogen-bond donors (Lipinski definition) is 0. The van der Waals surface area contributed by atoms with Gasteiger partial charge in [0.15, 0.2) is 0 Å². The third-order valence-corrected chi connectivity index (χ3v) is 3.07. The molecule has 1 heterocycles. The lowest BCUT2D eigenvalue weighted by atomic mass is 10.1. The van der Waals surface area contributed by atoms with Crippen molar-refractivity contribution in [2.75, 3.05) is 6.61 Å². The Morgan fingerprint density at radius 3 is 2.39 bits per heavy atom. The van der Waals surface area contributed by atoms with Crippen LogP contribution in [0.4, 0.5) is 0 Å². The van der Waals surface area contributed by atoms with Gasteiger partial charge in [0.2, 0.25) is 6.33 Å². The summed E-state index contributed by atoms with van der Waals surface area (Å²) in [5.74, 6) is 0. The first-order valence-electron chi connectivity index (χ1n) is 6.89. The molecule has 0 aliphatic heterocycles. The number of ether oxygens (including phenoxy) is 1. The quantitative estimate of drug-likeness (QED) is 0.344. The van der Waals surface area contributed by atoms with Crippen LogP contribution in [0.3, 0.4) is 0 Å². The number of rotatable bonds is 11. The fraction of sp³-hybridized carbons (Fsp3) is 0.714. The summed E-state index contributed by atoms with van der Waals surface area (Å²) >= 11 is 0. The minimum atomic E-state index is 0.529. The molecule has 0 saturated carbocycles. The number of unbranched alkanes of at least 4 members (excludes halogenated alkanes) is 6. The van der Waals surface area contributed by atoms with E-state index in [9.17, 15) is 4.79 Å². The number of carbonyl (C=O) groups excluding carboxylic acids is 1. The summed E-state index contributed by atoms with van der Waals surface area (Å²) in [4.78, 5) is 9.90. The molecule has 0 amide bonds. The third-order valence-electron chi connectivity index (χ3n) is 3.07. The van der Waals surface area contributed by atoms with Crippen LogP contribution < -0.4 is 4.57 Å². The molecular weight excluding hydrogens is 228 g/mol. The SMILES string of the molecule is Cn1cc[n+](CCCCCCCCCOC=O)c1. The zero-order chi connectivity index (χ0) is 13.1. The highest BCUT2D eigenvalue weighted by Crippen LogP contribution is 2.07.